The molecule has 1 amide bonds. The molecule has 136 valence electrons. The quantitative estimate of drug-likeness (QED) is 0.729. The highest BCUT2D eigenvalue weighted by Crippen LogP contribution is 2.32. The molecular weight excluding hydrogens is 350 g/mol. The minimum Gasteiger partial charge on any atom is -0.497 e. The maximum absolute atomic E-state index is 12.7. The van der Waals surface area contributed by atoms with Crippen molar-refractivity contribution in [1.29, 1.82) is 0 Å². The van der Waals surface area contributed by atoms with E-state index in [-0.39, 0.29) is 30.6 Å². The molecular formula is C21H22ClNO3. The second kappa shape index (κ2) is 7.92. The van der Waals surface area contributed by atoms with Gasteiger partial charge >= 0.3 is 0 Å². The lowest BCUT2D eigenvalue weighted by Gasteiger charge is -2.35. The van der Waals surface area contributed by atoms with E-state index in [1.54, 1.807) is 31.4 Å². The summed E-state index contributed by atoms with van der Waals surface area (Å²) in [4.78, 5) is 26.8. The van der Waals surface area contributed by atoms with Crippen molar-refractivity contribution < 1.29 is 14.3 Å². The number of nitrogens with zero attached hydrogens (tertiary/aromatic N) is 1. The fourth-order valence-corrected chi connectivity index (χ4v) is 3.62. The maximum atomic E-state index is 12.7. The second-order valence-corrected chi connectivity index (χ2v) is 6.95. The largest absolute Gasteiger partial charge is 0.497 e. The van der Waals surface area contributed by atoms with Crippen LogP contribution in [0.15, 0.2) is 42.5 Å². The van der Waals surface area contributed by atoms with Crippen LogP contribution in [-0.2, 0) is 11.2 Å². The molecule has 0 bridgehead atoms. The lowest BCUT2D eigenvalue weighted by molar-refractivity contribution is -0.133. The molecule has 4 nitrogen and oxygen atoms in total. The lowest BCUT2D eigenvalue weighted by atomic mass is 9.92. The number of halogens is 1. The molecule has 0 N–H and O–H groups in total. The highest BCUT2D eigenvalue weighted by molar-refractivity contribution is 6.31. The van der Waals surface area contributed by atoms with E-state index in [9.17, 15) is 9.59 Å². The lowest BCUT2D eigenvalue weighted by Crippen LogP contribution is -2.39. The molecule has 0 aromatic heterocycles. The summed E-state index contributed by atoms with van der Waals surface area (Å²) in [6, 6.07) is 12.8. The summed E-state index contributed by atoms with van der Waals surface area (Å²) in [5, 5.41) is 0.525. The van der Waals surface area contributed by atoms with E-state index in [2.05, 4.69) is 6.07 Å². The molecule has 0 spiro atoms. The topological polar surface area (TPSA) is 46.6 Å². The van der Waals surface area contributed by atoms with Gasteiger partial charge in [-0.3, -0.25) is 9.59 Å². The molecule has 0 fully saturated rings. The van der Waals surface area contributed by atoms with E-state index in [0.717, 1.165) is 17.7 Å². The third-order valence-corrected chi connectivity index (χ3v) is 5.16. The van der Waals surface area contributed by atoms with Crippen LogP contribution in [0.2, 0.25) is 5.02 Å². The molecule has 5 heteroatoms. The molecule has 26 heavy (non-hydrogen) atoms. The average Bonchev–Trinajstić information content (AvgIpc) is 2.66. The first-order valence-electron chi connectivity index (χ1n) is 8.74. The molecule has 1 unspecified atom stereocenters. The molecule has 1 heterocycles. The first-order chi connectivity index (χ1) is 12.5. The zero-order valence-electron chi connectivity index (χ0n) is 15.0. The third-order valence-electron chi connectivity index (χ3n) is 4.93. The zero-order chi connectivity index (χ0) is 18.7. The molecule has 0 aliphatic carbocycles. The number of fused-ring (bicyclic) bond motifs is 1. The summed E-state index contributed by atoms with van der Waals surface area (Å²) in [7, 11) is 1.64. The molecule has 1 aliphatic rings. The van der Waals surface area contributed by atoms with Crippen LogP contribution in [0.5, 0.6) is 5.75 Å². The summed E-state index contributed by atoms with van der Waals surface area (Å²) in [5.41, 5.74) is 2.91. The Balaban J connectivity index is 1.65. The Hall–Kier alpha value is -2.33. The van der Waals surface area contributed by atoms with E-state index < -0.39 is 0 Å². The standard InChI is InChI=1S/C21H22ClNO3/c1-14-19-13-18(26-2)7-6-15(19)10-11-23(14)21(25)9-8-20(24)16-4-3-5-17(22)12-16/h3-7,12-14H,8-11H2,1-2H3. The van der Waals surface area contributed by atoms with E-state index in [1.807, 2.05) is 24.0 Å². The van der Waals surface area contributed by atoms with Crippen molar-refractivity contribution in [2.45, 2.75) is 32.2 Å². The van der Waals surface area contributed by atoms with E-state index >= 15 is 0 Å². The zero-order valence-corrected chi connectivity index (χ0v) is 15.8. The van der Waals surface area contributed by atoms with Crippen LogP contribution in [0.25, 0.3) is 0 Å². The predicted octanol–water partition coefficient (Wildman–Crippen LogP) is 4.46. The van der Waals surface area contributed by atoms with Gasteiger partial charge in [-0.15, -0.1) is 0 Å². The number of hydrogen-bond acceptors (Lipinski definition) is 3. The van der Waals surface area contributed by atoms with Crippen LogP contribution < -0.4 is 4.74 Å². The number of amides is 1. The maximum Gasteiger partial charge on any atom is 0.223 e. The number of Topliss-reactive ketones (excluding diaryl/α,β-unsaturated/α-hetero) is 1. The Labute approximate surface area is 158 Å². The van der Waals surface area contributed by atoms with Gasteiger partial charge in [0.2, 0.25) is 5.91 Å². The van der Waals surface area contributed by atoms with Crippen LogP contribution in [0, 0.1) is 0 Å². The summed E-state index contributed by atoms with van der Waals surface area (Å²) in [5.74, 6) is 0.731. The Morgan fingerprint density at radius 1 is 1.19 bits per heavy atom. The first kappa shape index (κ1) is 18.5. The summed E-state index contributed by atoms with van der Waals surface area (Å²) < 4.78 is 5.30. The van der Waals surface area contributed by atoms with Crippen molar-refractivity contribution in [2.75, 3.05) is 13.7 Å². The molecule has 0 saturated heterocycles. The van der Waals surface area contributed by atoms with Crippen LogP contribution in [0.1, 0.15) is 47.3 Å². The van der Waals surface area contributed by atoms with E-state index in [1.165, 1.54) is 5.56 Å². The van der Waals surface area contributed by atoms with Gasteiger partial charge in [-0.05, 0) is 48.7 Å². The number of methoxy groups -OCH3 is 1. The van der Waals surface area contributed by atoms with Crippen LogP contribution in [0.3, 0.4) is 0 Å². The highest BCUT2D eigenvalue weighted by Gasteiger charge is 2.28. The number of ether oxygens (including phenoxy) is 1. The monoisotopic (exact) mass is 371 g/mol. The number of carbonyl (C=O) groups is 2. The molecule has 3 rings (SSSR count). The van der Waals surface area contributed by atoms with Crippen molar-refractivity contribution in [3.05, 3.63) is 64.2 Å². The van der Waals surface area contributed by atoms with Crippen molar-refractivity contribution in [3.63, 3.8) is 0 Å². The van der Waals surface area contributed by atoms with Crippen molar-refractivity contribution in [3.8, 4) is 5.75 Å². The Kier molecular flexibility index (Phi) is 5.62. The number of rotatable bonds is 5. The molecule has 0 saturated carbocycles. The van der Waals surface area contributed by atoms with Gasteiger partial charge in [0.15, 0.2) is 5.78 Å². The van der Waals surface area contributed by atoms with Gasteiger partial charge < -0.3 is 9.64 Å². The fraction of sp³-hybridized carbons (Fsp3) is 0.333. The minimum absolute atomic E-state index is 0.00125. The van der Waals surface area contributed by atoms with Crippen LogP contribution >= 0.6 is 11.6 Å². The SMILES string of the molecule is COc1ccc2c(c1)C(C)N(C(=O)CCC(=O)c1cccc(Cl)c1)CC2. The van der Waals surface area contributed by atoms with E-state index in [0.29, 0.717) is 17.1 Å². The number of carbonyl (C=O) groups excluding carboxylic acids is 2. The van der Waals surface area contributed by atoms with Gasteiger partial charge in [0.1, 0.15) is 5.75 Å². The molecule has 1 atom stereocenters. The van der Waals surface area contributed by atoms with Gasteiger partial charge in [0.05, 0.1) is 13.2 Å². The molecule has 0 radical (unpaired) electrons. The van der Waals surface area contributed by atoms with Gasteiger partial charge in [0, 0.05) is 30.0 Å². The van der Waals surface area contributed by atoms with Crippen molar-refractivity contribution >= 4 is 23.3 Å². The number of hydrogen-bond donors (Lipinski definition) is 0. The molecule has 2 aromatic carbocycles. The van der Waals surface area contributed by atoms with Gasteiger partial charge in [0.25, 0.3) is 0 Å². The Bertz CT molecular complexity index is 834. The van der Waals surface area contributed by atoms with Crippen LogP contribution in [-0.4, -0.2) is 30.2 Å². The van der Waals surface area contributed by atoms with E-state index in [4.69, 9.17) is 16.3 Å². The summed E-state index contributed by atoms with van der Waals surface area (Å²) in [6.45, 7) is 2.69. The van der Waals surface area contributed by atoms with Gasteiger partial charge in [-0.25, -0.2) is 0 Å². The number of ketones is 1. The second-order valence-electron chi connectivity index (χ2n) is 6.51. The normalized spacial score (nSPS) is 16.1. The Morgan fingerprint density at radius 2 is 2.00 bits per heavy atom. The summed E-state index contributed by atoms with van der Waals surface area (Å²) >= 11 is 5.93. The fourth-order valence-electron chi connectivity index (χ4n) is 3.43. The first-order valence-corrected chi connectivity index (χ1v) is 9.12. The number of benzene rings is 2. The predicted molar refractivity (Wildman–Crippen MR) is 102 cm³/mol. The third kappa shape index (κ3) is 3.91. The van der Waals surface area contributed by atoms with Crippen LogP contribution in [0.4, 0.5) is 0 Å². The smallest absolute Gasteiger partial charge is 0.223 e. The van der Waals surface area contributed by atoms with Gasteiger partial charge in [-0.2, -0.15) is 0 Å². The van der Waals surface area contributed by atoms with Crippen molar-refractivity contribution in [2.24, 2.45) is 0 Å². The highest BCUT2D eigenvalue weighted by atomic mass is 35.5. The average molecular weight is 372 g/mol. The van der Waals surface area contributed by atoms with Gasteiger partial charge in [-0.1, -0.05) is 29.8 Å². The molecule has 2 aromatic rings. The Morgan fingerprint density at radius 3 is 2.73 bits per heavy atom. The molecule has 1 aliphatic heterocycles. The van der Waals surface area contributed by atoms with Crippen molar-refractivity contribution in [1.82, 2.24) is 4.90 Å². The summed E-state index contributed by atoms with van der Waals surface area (Å²) in [6.07, 6.45) is 1.21. The minimum atomic E-state index is -0.0624.